The van der Waals surface area contributed by atoms with Gasteiger partial charge in [-0.1, -0.05) is 0 Å². The second kappa shape index (κ2) is 4.53. The van der Waals surface area contributed by atoms with Gasteiger partial charge in [0.25, 0.3) is 5.91 Å². The molecular weight excluding hydrogens is 225 g/mol. The van der Waals surface area contributed by atoms with E-state index in [0.29, 0.717) is 18.5 Å². The molecule has 2 rings (SSSR count). The van der Waals surface area contributed by atoms with E-state index in [2.05, 4.69) is 0 Å². The predicted octanol–water partition coefficient (Wildman–Crippen LogP) is 1.37. The van der Waals surface area contributed by atoms with Crippen molar-refractivity contribution >= 4 is 11.9 Å². The van der Waals surface area contributed by atoms with E-state index < -0.39 is 17.7 Å². The number of likely N-dealkylation sites (tertiary alicyclic amines) is 1. The maximum absolute atomic E-state index is 12.7. The average molecular weight is 237 g/mol. The average Bonchev–Trinajstić information content (AvgIpc) is 2.78. The Morgan fingerprint density at radius 3 is 2.47 bits per heavy atom. The minimum absolute atomic E-state index is 0.228. The van der Waals surface area contributed by atoms with Gasteiger partial charge < -0.3 is 10.0 Å². The van der Waals surface area contributed by atoms with Gasteiger partial charge in [-0.25, -0.2) is 4.39 Å². The summed E-state index contributed by atoms with van der Waals surface area (Å²) >= 11 is 0. The van der Waals surface area contributed by atoms with Crippen LogP contribution in [0.25, 0.3) is 0 Å². The summed E-state index contributed by atoms with van der Waals surface area (Å²) in [5.74, 6) is -2.00. The molecule has 1 aliphatic rings. The first-order valence-corrected chi connectivity index (χ1v) is 5.35. The molecule has 0 aromatic heterocycles. The SMILES string of the molecule is O=C(O)[C@@H]1CCN(C(=O)c2ccc(F)cc2)C1. The maximum atomic E-state index is 12.7. The molecule has 1 heterocycles. The molecule has 1 aliphatic heterocycles. The number of hydrogen-bond acceptors (Lipinski definition) is 2. The first kappa shape index (κ1) is 11.6. The highest BCUT2D eigenvalue weighted by atomic mass is 19.1. The Labute approximate surface area is 97.7 Å². The van der Waals surface area contributed by atoms with Gasteiger partial charge in [0.05, 0.1) is 5.92 Å². The lowest BCUT2D eigenvalue weighted by Crippen LogP contribution is -2.29. The molecule has 0 spiro atoms. The van der Waals surface area contributed by atoms with E-state index in [1.165, 1.54) is 29.2 Å². The van der Waals surface area contributed by atoms with Crippen molar-refractivity contribution in [2.24, 2.45) is 5.92 Å². The van der Waals surface area contributed by atoms with Crippen LogP contribution in [0.1, 0.15) is 16.8 Å². The number of amides is 1. The number of carboxylic acids is 1. The summed E-state index contributed by atoms with van der Waals surface area (Å²) in [5, 5.41) is 8.83. The summed E-state index contributed by atoms with van der Waals surface area (Å²) in [6.07, 6.45) is 0.474. The van der Waals surface area contributed by atoms with Crippen LogP contribution < -0.4 is 0 Å². The fourth-order valence-corrected chi connectivity index (χ4v) is 1.92. The molecule has 1 fully saturated rings. The summed E-state index contributed by atoms with van der Waals surface area (Å²) in [4.78, 5) is 24.2. The highest BCUT2D eigenvalue weighted by molar-refractivity contribution is 5.94. The lowest BCUT2D eigenvalue weighted by atomic mass is 10.1. The zero-order valence-corrected chi connectivity index (χ0v) is 9.10. The Morgan fingerprint density at radius 2 is 1.94 bits per heavy atom. The van der Waals surface area contributed by atoms with Crippen LogP contribution in [0.15, 0.2) is 24.3 Å². The lowest BCUT2D eigenvalue weighted by Gasteiger charge is -2.15. The molecule has 1 atom stereocenters. The van der Waals surface area contributed by atoms with E-state index in [-0.39, 0.29) is 12.5 Å². The zero-order chi connectivity index (χ0) is 12.4. The second-order valence-electron chi connectivity index (χ2n) is 4.08. The quantitative estimate of drug-likeness (QED) is 0.845. The van der Waals surface area contributed by atoms with E-state index in [1.807, 2.05) is 0 Å². The molecule has 0 aliphatic carbocycles. The summed E-state index contributed by atoms with van der Waals surface area (Å²) in [6.45, 7) is 0.665. The summed E-state index contributed by atoms with van der Waals surface area (Å²) < 4.78 is 12.7. The van der Waals surface area contributed by atoms with Crippen molar-refractivity contribution in [1.82, 2.24) is 4.90 Å². The third-order valence-corrected chi connectivity index (χ3v) is 2.92. The Hall–Kier alpha value is -1.91. The van der Waals surface area contributed by atoms with E-state index in [9.17, 15) is 14.0 Å². The standard InChI is InChI=1S/C12H12FNO3/c13-10-3-1-8(2-4-10)11(15)14-6-5-9(7-14)12(16)17/h1-4,9H,5-7H2,(H,16,17)/t9-/m1/s1. The van der Waals surface area contributed by atoms with Crippen LogP contribution in [-0.4, -0.2) is 35.0 Å². The number of hydrogen-bond donors (Lipinski definition) is 1. The normalized spacial score (nSPS) is 19.4. The number of benzene rings is 1. The Morgan fingerprint density at radius 1 is 1.29 bits per heavy atom. The highest BCUT2D eigenvalue weighted by Gasteiger charge is 2.31. The number of nitrogens with zero attached hydrogens (tertiary/aromatic N) is 1. The van der Waals surface area contributed by atoms with Crippen LogP contribution in [0.3, 0.4) is 0 Å². The zero-order valence-electron chi connectivity index (χ0n) is 9.10. The van der Waals surface area contributed by atoms with E-state index >= 15 is 0 Å². The van der Waals surface area contributed by atoms with Gasteiger partial charge in [0, 0.05) is 18.7 Å². The van der Waals surface area contributed by atoms with Crippen LogP contribution >= 0.6 is 0 Å². The van der Waals surface area contributed by atoms with Crippen molar-refractivity contribution in [1.29, 1.82) is 0 Å². The summed E-state index contributed by atoms with van der Waals surface area (Å²) in [5.41, 5.74) is 0.387. The Kier molecular flexibility index (Phi) is 3.08. The topological polar surface area (TPSA) is 57.6 Å². The van der Waals surface area contributed by atoms with Gasteiger partial charge in [0.2, 0.25) is 0 Å². The minimum atomic E-state index is -0.876. The first-order chi connectivity index (χ1) is 8.08. The van der Waals surface area contributed by atoms with Gasteiger partial charge in [-0.3, -0.25) is 9.59 Å². The third kappa shape index (κ3) is 2.43. The van der Waals surface area contributed by atoms with Crippen LogP contribution in [0, 0.1) is 11.7 Å². The monoisotopic (exact) mass is 237 g/mol. The summed E-state index contributed by atoms with van der Waals surface area (Å²) in [7, 11) is 0. The summed E-state index contributed by atoms with van der Waals surface area (Å²) in [6, 6.07) is 5.26. The Balaban J connectivity index is 2.07. The van der Waals surface area contributed by atoms with Gasteiger partial charge >= 0.3 is 5.97 Å². The first-order valence-electron chi connectivity index (χ1n) is 5.35. The number of halogens is 1. The van der Waals surface area contributed by atoms with Crippen molar-refractivity contribution in [3.8, 4) is 0 Å². The van der Waals surface area contributed by atoms with E-state index in [0.717, 1.165) is 0 Å². The molecule has 1 saturated heterocycles. The number of carbonyl (C=O) groups is 2. The molecule has 1 aromatic rings. The molecule has 4 nitrogen and oxygen atoms in total. The molecule has 0 bridgehead atoms. The number of aliphatic carboxylic acids is 1. The predicted molar refractivity (Wildman–Crippen MR) is 58.0 cm³/mol. The molecule has 1 N–H and O–H groups in total. The van der Waals surface area contributed by atoms with Crippen LogP contribution in [0.4, 0.5) is 4.39 Å². The lowest BCUT2D eigenvalue weighted by molar-refractivity contribution is -0.141. The Bertz CT molecular complexity index is 444. The molecule has 0 saturated carbocycles. The van der Waals surface area contributed by atoms with Crippen molar-refractivity contribution < 1.29 is 19.1 Å². The minimum Gasteiger partial charge on any atom is -0.481 e. The highest BCUT2D eigenvalue weighted by Crippen LogP contribution is 2.19. The molecule has 0 unspecified atom stereocenters. The van der Waals surface area contributed by atoms with Crippen molar-refractivity contribution in [2.75, 3.05) is 13.1 Å². The number of carbonyl (C=O) groups excluding carboxylic acids is 1. The van der Waals surface area contributed by atoms with Crippen LogP contribution in [-0.2, 0) is 4.79 Å². The fourth-order valence-electron chi connectivity index (χ4n) is 1.92. The molecular formula is C12H12FNO3. The van der Waals surface area contributed by atoms with Gasteiger partial charge in [-0.2, -0.15) is 0 Å². The molecule has 17 heavy (non-hydrogen) atoms. The second-order valence-corrected chi connectivity index (χ2v) is 4.08. The largest absolute Gasteiger partial charge is 0.481 e. The van der Waals surface area contributed by atoms with E-state index in [4.69, 9.17) is 5.11 Å². The van der Waals surface area contributed by atoms with Gasteiger partial charge in [0.15, 0.2) is 0 Å². The van der Waals surface area contributed by atoms with Gasteiger partial charge in [0.1, 0.15) is 5.82 Å². The van der Waals surface area contributed by atoms with Gasteiger partial charge in [-0.15, -0.1) is 0 Å². The van der Waals surface area contributed by atoms with Gasteiger partial charge in [-0.05, 0) is 30.7 Å². The van der Waals surface area contributed by atoms with E-state index in [1.54, 1.807) is 0 Å². The number of rotatable bonds is 2. The van der Waals surface area contributed by atoms with Crippen molar-refractivity contribution in [3.05, 3.63) is 35.6 Å². The third-order valence-electron chi connectivity index (χ3n) is 2.92. The number of carboxylic acid groups (broad SMARTS) is 1. The molecule has 90 valence electrons. The molecule has 1 aromatic carbocycles. The van der Waals surface area contributed by atoms with Crippen molar-refractivity contribution in [3.63, 3.8) is 0 Å². The van der Waals surface area contributed by atoms with Crippen molar-refractivity contribution in [2.45, 2.75) is 6.42 Å². The maximum Gasteiger partial charge on any atom is 0.308 e. The smallest absolute Gasteiger partial charge is 0.308 e. The molecule has 5 heteroatoms. The van der Waals surface area contributed by atoms with Crippen LogP contribution in [0.5, 0.6) is 0 Å². The molecule has 1 amide bonds. The van der Waals surface area contributed by atoms with Crippen LogP contribution in [0.2, 0.25) is 0 Å². The fraction of sp³-hybridized carbons (Fsp3) is 0.333. The molecule has 0 radical (unpaired) electrons.